The van der Waals surface area contributed by atoms with Gasteiger partial charge < -0.3 is 10.1 Å². The van der Waals surface area contributed by atoms with E-state index in [9.17, 15) is 14.9 Å². The van der Waals surface area contributed by atoms with Crippen molar-refractivity contribution in [3.8, 4) is 6.07 Å². The Hall–Kier alpha value is -2.85. The minimum atomic E-state index is -1.01. The second-order valence-corrected chi connectivity index (χ2v) is 8.59. The van der Waals surface area contributed by atoms with Gasteiger partial charge in [-0.05, 0) is 56.1 Å². The fourth-order valence-electron chi connectivity index (χ4n) is 3.32. The van der Waals surface area contributed by atoms with Gasteiger partial charge in [0.2, 0.25) is 0 Å². The van der Waals surface area contributed by atoms with Crippen molar-refractivity contribution in [2.24, 2.45) is 0 Å². The minimum Gasteiger partial charge on any atom is -0.449 e. The zero-order chi connectivity index (χ0) is 22.5. The normalized spacial score (nSPS) is 14.9. The molecule has 1 aromatic carbocycles. The highest BCUT2D eigenvalue weighted by Crippen LogP contribution is 2.40. The fraction of sp³-hybridized carbons (Fsp3) is 0.417. The number of ether oxygens (including phenoxy) is 1. The molecule has 2 aromatic rings. The number of para-hydroxylation sites is 1. The Labute approximate surface area is 187 Å². The molecule has 2 atom stereocenters. The number of nitrogens with zero attached hydrogens (tertiary/aromatic N) is 2. The third kappa shape index (κ3) is 5.26. The van der Waals surface area contributed by atoms with Gasteiger partial charge in [-0.1, -0.05) is 32.0 Å². The van der Waals surface area contributed by atoms with E-state index in [1.54, 1.807) is 6.07 Å². The summed E-state index contributed by atoms with van der Waals surface area (Å²) in [5.74, 6) is -0.490. The van der Waals surface area contributed by atoms with Gasteiger partial charge in [0.05, 0.1) is 11.1 Å². The van der Waals surface area contributed by atoms with E-state index in [4.69, 9.17) is 4.74 Å². The highest BCUT2D eigenvalue weighted by molar-refractivity contribution is 7.98. The van der Waals surface area contributed by atoms with Crippen LogP contribution in [-0.2, 0) is 9.53 Å². The number of anilines is 1. The van der Waals surface area contributed by atoms with E-state index in [1.807, 2.05) is 30.5 Å². The molecule has 1 N–H and O–H groups in total. The molecule has 1 aliphatic rings. The molecule has 0 spiro atoms. The van der Waals surface area contributed by atoms with E-state index in [-0.39, 0.29) is 17.0 Å². The lowest BCUT2D eigenvalue weighted by atomic mass is 9.97. The molecule has 1 aliphatic carbocycles. The molecule has 6 nitrogen and oxygen atoms in total. The van der Waals surface area contributed by atoms with Crippen molar-refractivity contribution >= 4 is 29.3 Å². The van der Waals surface area contributed by atoms with Crippen LogP contribution in [0.15, 0.2) is 35.4 Å². The van der Waals surface area contributed by atoms with Gasteiger partial charge in [-0.15, -0.1) is 11.8 Å². The first-order valence-corrected chi connectivity index (χ1v) is 11.7. The standard InChI is InChI=1S/C24H27N3O3S/c1-5-14(2)17-8-6-7-9-20(17)26-22(28)15(3)30-24(29)18-12-21(16-10-11-16)27-23(31-4)19(18)13-25/h6-9,12,14-16H,5,10-11H2,1-4H3,(H,26,28). The second kappa shape index (κ2) is 9.97. The fourth-order valence-corrected chi connectivity index (χ4v) is 3.87. The maximum atomic E-state index is 12.9. The SMILES string of the molecule is CCC(C)c1ccccc1NC(=O)C(C)OC(=O)c1cc(C2CC2)nc(SC)c1C#N. The van der Waals surface area contributed by atoms with Crippen LogP contribution in [0.2, 0.25) is 0 Å². The van der Waals surface area contributed by atoms with E-state index < -0.39 is 18.0 Å². The van der Waals surface area contributed by atoms with Gasteiger partial charge in [0.1, 0.15) is 11.1 Å². The van der Waals surface area contributed by atoms with E-state index in [0.29, 0.717) is 16.6 Å². The number of hydrogen-bond acceptors (Lipinski definition) is 6. The highest BCUT2D eigenvalue weighted by Gasteiger charge is 2.30. The molecule has 0 aliphatic heterocycles. The van der Waals surface area contributed by atoms with Crippen LogP contribution in [0.4, 0.5) is 5.69 Å². The van der Waals surface area contributed by atoms with Crippen LogP contribution < -0.4 is 5.32 Å². The third-order valence-electron chi connectivity index (χ3n) is 5.54. The van der Waals surface area contributed by atoms with Crippen LogP contribution in [-0.4, -0.2) is 29.2 Å². The monoisotopic (exact) mass is 437 g/mol. The minimum absolute atomic E-state index is 0.170. The van der Waals surface area contributed by atoms with Gasteiger partial charge in [-0.2, -0.15) is 5.26 Å². The molecular weight excluding hydrogens is 410 g/mol. The van der Waals surface area contributed by atoms with Crippen LogP contribution in [0, 0.1) is 11.3 Å². The summed E-state index contributed by atoms with van der Waals surface area (Å²) >= 11 is 1.32. The molecule has 1 fully saturated rings. The zero-order valence-corrected chi connectivity index (χ0v) is 19.1. The average Bonchev–Trinajstić information content (AvgIpc) is 3.63. The van der Waals surface area contributed by atoms with E-state index in [2.05, 4.69) is 30.2 Å². The number of aromatic nitrogens is 1. The van der Waals surface area contributed by atoms with Crippen molar-refractivity contribution in [1.82, 2.24) is 4.98 Å². The maximum Gasteiger partial charge on any atom is 0.340 e. The van der Waals surface area contributed by atoms with Gasteiger partial charge in [-0.25, -0.2) is 9.78 Å². The topological polar surface area (TPSA) is 92.1 Å². The van der Waals surface area contributed by atoms with Crippen LogP contribution in [0.5, 0.6) is 0 Å². The molecule has 162 valence electrons. The molecule has 2 unspecified atom stereocenters. The van der Waals surface area contributed by atoms with Crippen molar-refractivity contribution in [1.29, 1.82) is 5.26 Å². The smallest absolute Gasteiger partial charge is 0.340 e. The molecule has 1 heterocycles. The van der Waals surface area contributed by atoms with Crippen LogP contribution in [0.3, 0.4) is 0 Å². The summed E-state index contributed by atoms with van der Waals surface area (Å²) in [6.07, 6.45) is 3.79. The van der Waals surface area contributed by atoms with Crippen LogP contribution in [0.25, 0.3) is 0 Å². The summed E-state index contributed by atoms with van der Waals surface area (Å²) in [6, 6.07) is 11.3. The maximum absolute atomic E-state index is 12.9. The number of nitrogens with one attached hydrogen (secondary N) is 1. The second-order valence-electron chi connectivity index (χ2n) is 7.80. The predicted octanol–water partition coefficient (Wildman–Crippen LogP) is 5.25. The van der Waals surface area contributed by atoms with Gasteiger partial charge in [-0.3, -0.25) is 4.79 Å². The van der Waals surface area contributed by atoms with Crippen LogP contribution in [0.1, 0.15) is 79.0 Å². The number of carbonyl (C=O) groups is 2. The Kier molecular flexibility index (Phi) is 7.34. The number of thioether (sulfide) groups is 1. The predicted molar refractivity (Wildman–Crippen MR) is 121 cm³/mol. The molecule has 1 amide bonds. The van der Waals surface area contributed by atoms with Crippen molar-refractivity contribution in [3.05, 3.63) is 52.7 Å². The van der Waals surface area contributed by atoms with E-state index in [0.717, 1.165) is 30.5 Å². The Morgan fingerprint density at radius 2 is 2.03 bits per heavy atom. The number of carbonyl (C=O) groups excluding carboxylic acids is 2. The van der Waals surface area contributed by atoms with Gasteiger partial charge in [0.25, 0.3) is 5.91 Å². The van der Waals surface area contributed by atoms with Crippen molar-refractivity contribution in [3.63, 3.8) is 0 Å². The number of nitriles is 1. The van der Waals surface area contributed by atoms with Crippen LogP contribution >= 0.6 is 11.8 Å². The molecular formula is C24H27N3O3S. The first kappa shape index (κ1) is 22.8. The summed E-state index contributed by atoms with van der Waals surface area (Å²) in [5.41, 5.74) is 2.92. The lowest BCUT2D eigenvalue weighted by molar-refractivity contribution is -0.123. The lowest BCUT2D eigenvalue weighted by Gasteiger charge is -2.18. The number of pyridine rings is 1. The Morgan fingerprint density at radius 1 is 1.32 bits per heavy atom. The summed E-state index contributed by atoms with van der Waals surface area (Å²) in [4.78, 5) is 30.1. The van der Waals surface area contributed by atoms with Gasteiger partial charge >= 0.3 is 5.97 Å². The van der Waals surface area contributed by atoms with Gasteiger partial charge in [0.15, 0.2) is 6.10 Å². The number of esters is 1. The number of hydrogen-bond donors (Lipinski definition) is 1. The molecule has 0 saturated heterocycles. The largest absolute Gasteiger partial charge is 0.449 e. The van der Waals surface area contributed by atoms with Gasteiger partial charge in [0, 0.05) is 17.3 Å². The Balaban J connectivity index is 1.77. The molecule has 7 heteroatoms. The highest BCUT2D eigenvalue weighted by atomic mass is 32.2. The molecule has 0 radical (unpaired) electrons. The molecule has 31 heavy (non-hydrogen) atoms. The quantitative estimate of drug-likeness (QED) is 0.448. The van der Waals surface area contributed by atoms with Crippen molar-refractivity contribution < 1.29 is 14.3 Å². The molecule has 1 saturated carbocycles. The summed E-state index contributed by atoms with van der Waals surface area (Å²) in [6.45, 7) is 5.72. The number of rotatable bonds is 8. The first-order chi connectivity index (χ1) is 14.9. The Bertz CT molecular complexity index is 1030. The third-order valence-corrected chi connectivity index (χ3v) is 6.22. The Morgan fingerprint density at radius 3 is 2.65 bits per heavy atom. The average molecular weight is 438 g/mol. The van der Waals surface area contributed by atoms with E-state index >= 15 is 0 Å². The van der Waals surface area contributed by atoms with Crippen molar-refractivity contribution in [2.75, 3.05) is 11.6 Å². The number of amides is 1. The summed E-state index contributed by atoms with van der Waals surface area (Å²) in [5, 5.41) is 13.0. The van der Waals surface area contributed by atoms with E-state index in [1.165, 1.54) is 18.7 Å². The zero-order valence-electron chi connectivity index (χ0n) is 18.3. The molecule has 1 aromatic heterocycles. The summed E-state index contributed by atoms with van der Waals surface area (Å²) < 4.78 is 5.46. The lowest BCUT2D eigenvalue weighted by Crippen LogP contribution is -2.30. The summed E-state index contributed by atoms with van der Waals surface area (Å²) in [7, 11) is 0. The molecule has 3 rings (SSSR count). The first-order valence-electron chi connectivity index (χ1n) is 10.5. The van der Waals surface area contributed by atoms with Crippen molar-refractivity contribution in [2.45, 2.75) is 63.0 Å². The number of benzene rings is 1. The molecule has 0 bridgehead atoms.